The monoisotopic (exact) mass is 493 g/mol. The third-order valence-corrected chi connectivity index (χ3v) is 7.55. The summed E-state index contributed by atoms with van der Waals surface area (Å²) in [6, 6.07) is 0. The number of aliphatic hydroxyl groups is 3. The number of nitrogens with zero attached hydrogens (tertiary/aromatic N) is 1. The van der Waals surface area contributed by atoms with Crippen molar-refractivity contribution >= 4 is 29.2 Å². The molecule has 0 aromatic carbocycles. The molecule has 0 fully saturated rings. The summed E-state index contributed by atoms with van der Waals surface area (Å²) in [6.45, 7) is 10.4. The Bertz CT molecular complexity index is 905. The first-order valence-corrected chi connectivity index (χ1v) is 12.8. The molecule has 0 amide bonds. The standard InChI is InChI=1S/C26H39NO6S/c1-15-10-11-20(28)8-7-9-21(16(2)12-19-14-34-18(4)27-19)33-23(30)13-22(29)26(5,6)25(32)17(3)24(15)31/h7-8,12,14-15,17,20-22,24,28-29,31H,9-11,13H2,1-6H3/b8-7-,16-12+/t15-,17+,20?,21-,22-,24-/m0/s1. The molecule has 1 aromatic rings. The number of carbonyl (C=O) groups is 2. The molecule has 2 rings (SSSR count). The quantitative estimate of drug-likeness (QED) is 0.423. The maximum absolute atomic E-state index is 13.1. The molecule has 0 saturated carbocycles. The van der Waals surface area contributed by atoms with Gasteiger partial charge in [-0.25, -0.2) is 4.98 Å². The molecule has 6 atom stereocenters. The van der Waals surface area contributed by atoms with Crippen LogP contribution in [0, 0.1) is 24.2 Å². The molecule has 0 spiro atoms. The summed E-state index contributed by atoms with van der Waals surface area (Å²) in [5, 5.41) is 34.7. The number of thiazole rings is 1. The number of hydrogen-bond acceptors (Lipinski definition) is 8. The molecular formula is C26H39NO6S. The molecule has 34 heavy (non-hydrogen) atoms. The lowest BCUT2D eigenvalue weighted by Gasteiger charge is -2.34. The fraction of sp³-hybridized carbons (Fsp3) is 0.654. The smallest absolute Gasteiger partial charge is 0.309 e. The molecule has 7 nitrogen and oxygen atoms in total. The number of cyclic esters (lactones) is 1. The number of hydrogen-bond donors (Lipinski definition) is 3. The summed E-state index contributed by atoms with van der Waals surface area (Å²) in [5.74, 6) is -1.88. The predicted octanol–water partition coefficient (Wildman–Crippen LogP) is 3.85. The molecule has 190 valence electrons. The van der Waals surface area contributed by atoms with Crippen molar-refractivity contribution in [1.29, 1.82) is 0 Å². The number of ether oxygens (including phenoxy) is 1. The maximum atomic E-state index is 13.1. The highest BCUT2D eigenvalue weighted by molar-refractivity contribution is 7.09. The summed E-state index contributed by atoms with van der Waals surface area (Å²) in [5.41, 5.74) is 0.323. The number of esters is 1. The predicted molar refractivity (Wildman–Crippen MR) is 133 cm³/mol. The van der Waals surface area contributed by atoms with Crippen molar-refractivity contribution in [2.45, 2.75) is 91.6 Å². The number of aliphatic hydroxyl groups excluding tert-OH is 3. The van der Waals surface area contributed by atoms with Gasteiger partial charge in [0.2, 0.25) is 0 Å². The van der Waals surface area contributed by atoms with Crippen LogP contribution in [-0.2, 0) is 14.3 Å². The second-order valence-electron chi connectivity index (χ2n) is 10.0. The summed E-state index contributed by atoms with van der Waals surface area (Å²) >= 11 is 1.53. The number of ketones is 1. The van der Waals surface area contributed by atoms with E-state index in [0.717, 1.165) is 16.3 Å². The molecule has 1 unspecified atom stereocenters. The van der Waals surface area contributed by atoms with E-state index in [4.69, 9.17) is 4.74 Å². The van der Waals surface area contributed by atoms with Crippen LogP contribution in [0.1, 0.15) is 71.0 Å². The molecule has 1 aromatic heterocycles. The third kappa shape index (κ3) is 7.57. The van der Waals surface area contributed by atoms with Crippen molar-refractivity contribution in [3.63, 3.8) is 0 Å². The fourth-order valence-corrected chi connectivity index (χ4v) is 4.75. The zero-order valence-electron chi connectivity index (χ0n) is 21.0. The van der Waals surface area contributed by atoms with E-state index in [0.29, 0.717) is 19.3 Å². The summed E-state index contributed by atoms with van der Waals surface area (Å²) < 4.78 is 5.71. The van der Waals surface area contributed by atoms with Crippen LogP contribution in [0.2, 0.25) is 0 Å². The Morgan fingerprint density at radius 3 is 2.50 bits per heavy atom. The highest BCUT2D eigenvalue weighted by atomic mass is 32.1. The summed E-state index contributed by atoms with van der Waals surface area (Å²) in [6.07, 6.45) is 2.79. The number of aromatic nitrogens is 1. The average molecular weight is 494 g/mol. The van der Waals surface area contributed by atoms with Gasteiger partial charge in [-0.15, -0.1) is 11.3 Å². The number of carbonyl (C=O) groups excluding carboxylic acids is 2. The van der Waals surface area contributed by atoms with Gasteiger partial charge in [0, 0.05) is 17.7 Å². The first kappa shape index (κ1) is 28.4. The van der Waals surface area contributed by atoms with Crippen LogP contribution in [0.15, 0.2) is 23.1 Å². The maximum Gasteiger partial charge on any atom is 0.309 e. The molecule has 0 aliphatic carbocycles. The van der Waals surface area contributed by atoms with Gasteiger partial charge in [0.05, 0.1) is 40.8 Å². The molecule has 3 N–H and O–H groups in total. The Kier molecular flexibility index (Phi) is 10.2. The minimum atomic E-state index is -1.26. The second-order valence-corrected chi connectivity index (χ2v) is 11.1. The second kappa shape index (κ2) is 12.2. The Balaban J connectivity index is 2.32. The van der Waals surface area contributed by atoms with Gasteiger partial charge < -0.3 is 20.1 Å². The molecule has 0 bridgehead atoms. The highest BCUT2D eigenvalue weighted by Crippen LogP contribution is 2.32. The minimum absolute atomic E-state index is 0.215. The van der Waals surface area contributed by atoms with Gasteiger partial charge in [-0.2, -0.15) is 0 Å². The normalized spacial score (nSPS) is 33.4. The fourth-order valence-electron chi connectivity index (χ4n) is 4.18. The SMILES string of the molecule is C/C(=C\c1csc(C)n1)[C@@H]1C/C=C\C(O)CC[C@H](C)[C@H](O)[C@@H](C)C(=O)C(C)(C)[C@@H](O)CC(=O)O1. The number of rotatable bonds is 2. The average Bonchev–Trinajstić information content (AvgIpc) is 3.18. The topological polar surface area (TPSA) is 117 Å². The van der Waals surface area contributed by atoms with Gasteiger partial charge in [0.25, 0.3) is 0 Å². The molecular weight excluding hydrogens is 454 g/mol. The van der Waals surface area contributed by atoms with E-state index < -0.39 is 41.7 Å². The molecule has 1 aliphatic heterocycles. The van der Waals surface area contributed by atoms with Gasteiger partial charge in [0.1, 0.15) is 11.9 Å². The van der Waals surface area contributed by atoms with Gasteiger partial charge in [-0.1, -0.05) is 39.8 Å². The molecule has 1 aliphatic rings. The van der Waals surface area contributed by atoms with Gasteiger partial charge in [-0.05, 0) is 44.3 Å². The van der Waals surface area contributed by atoms with Crippen LogP contribution in [-0.4, -0.2) is 56.5 Å². The van der Waals surface area contributed by atoms with E-state index in [-0.39, 0.29) is 18.1 Å². The van der Waals surface area contributed by atoms with Crippen molar-refractivity contribution in [2.24, 2.45) is 17.3 Å². The first-order valence-electron chi connectivity index (χ1n) is 11.9. The summed E-state index contributed by atoms with van der Waals surface area (Å²) in [7, 11) is 0. The van der Waals surface area contributed by atoms with E-state index in [1.807, 2.05) is 32.2 Å². The largest absolute Gasteiger partial charge is 0.457 e. The first-order chi connectivity index (χ1) is 15.8. The minimum Gasteiger partial charge on any atom is -0.457 e. The zero-order chi connectivity index (χ0) is 25.6. The van der Waals surface area contributed by atoms with Crippen molar-refractivity contribution in [3.8, 4) is 0 Å². The Morgan fingerprint density at radius 2 is 1.88 bits per heavy atom. The van der Waals surface area contributed by atoms with Gasteiger partial charge in [-0.3, -0.25) is 9.59 Å². The van der Waals surface area contributed by atoms with E-state index in [2.05, 4.69) is 4.98 Å². The van der Waals surface area contributed by atoms with Gasteiger partial charge >= 0.3 is 5.97 Å². The van der Waals surface area contributed by atoms with E-state index in [9.17, 15) is 24.9 Å². The zero-order valence-corrected chi connectivity index (χ0v) is 21.8. The third-order valence-electron chi connectivity index (χ3n) is 6.76. The highest BCUT2D eigenvalue weighted by Gasteiger charge is 2.42. The molecule has 0 radical (unpaired) electrons. The van der Waals surface area contributed by atoms with Crippen LogP contribution >= 0.6 is 11.3 Å². The Labute approximate surface area is 206 Å². The van der Waals surface area contributed by atoms with Crippen molar-refractivity contribution in [1.82, 2.24) is 4.98 Å². The lowest BCUT2D eigenvalue weighted by atomic mass is 9.73. The Morgan fingerprint density at radius 1 is 1.21 bits per heavy atom. The van der Waals surface area contributed by atoms with Crippen molar-refractivity contribution in [2.75, 3.05) is 0 Å². The van der Waals surface area contributed by atoms with Crippen LogP contribution in [0.3, 0.4) is 0 Å². The lowest BCUT2D eigenvalue weighted by Crippen LogP contribution is -2.45. The van der Waals surface area contributed by atoms with Crippen LogP contribution in [0.5, 0.6) is 0 Å². The van der Waals surface area contributed by atoms with E-state index in [1.165, 1.54) is 11.3 Å². The van der Waals surface area contributed by atoms with Crippen LogP contribution < -0.4 is 0 Å². The van der Waals surface area contributed by atoms with Gasteiger partial charge in [0.15, 0.2) is 0 Å². The van der Waals surface area contributed by atoms with Crippen molar-refractivity contribution in [3.05, 3.63) is 33.8 Å². The number of Topliss-reactive ketones (excluding diaryl/α,β-unsaturated/α-hetero) is 1. The number of aryl methyl sites for hydroxylation is 1. The molecule has 0 saturated heterocycles. The lowest BCUT2D eigenvalue weighted by molar-refractivity contribution is -0.154. The van der Waals surface area contributed by atoms with E-state index >= 15 is 0 Å². The van der Waals surface area contributed by atoms with Crippen LogP contribution in [0.25, 0.3) is 6.08 Å². The van der Waals surface area contributed by atoms with E-state index in [1.54, 1.807) is 32.9 Å². The van der Waals surface area contributed by atoms with Crippen molar-refractivity contribution < 1.29 is 29.6 Å². The molecule has 2 heterocycles. The molecule has 8 heteroatoms. The Hall–Kier alpha value is -1.87. The van der Waals surface area contributed by atoms with Crippen LogP contribution in [0.4, 0.5) is 0 Å². The summed E-state index contributed by atoms with van der Waals surface area (Å²) in [4.78, 5) is 30.3.